The van der Waals surface area contributed by atoms with E-state index in [2.05, 4.69) is 10.2 Å². The standard InChI is InChI=1S/C17H20FN3O3/c18-14-11-13(20-7-3-12(4-8-20)6-10-22)1-2-15(14)21-9-5-16(23)19-17(21)24/h1-2,10-12H,3-9H2,(H,19,23,24). The highest BCUT2D eigenvalue weighted by molar-refractivity contribution is 6.05. The number of carbonyl (C=O) groups is 3. The molecule has 2 fully saturated rings. The van der Waals surface area contributed by atoms with Crippen molar-refractivity contribution in [1.82, 2.24) is 5.32 Å². The Labute approximate surface area is 139 Å². The molecule has 7 heteroatoms. The zero-order valence-corrected chi connectivity index (χ0v) is 13.3. The average Bonchev–Trinajstić information content (AvgIpc) is 2.56. The highest BCUT2D eigenvalue weighted by Crippen LogP contribution is 2.29. The summed E-state index contributed by atoms with van der Waals surface area (Å²) in [5.74, 6) is -0.407. The van der Waals surface area contributed by atoms with Gasteiger partial charge in [-0.1, -0.05) is 0 Å². The molecule has 2 heterocycles. The summed E-state index contributed by atoms with van der Waals surface area (Å²) in [5.41, 5.74) is 0.953. The van der Waals surface area contributed by atoms with Gasteiger partial charge in [0.2, 0.25) is 5.91 Å². The molecule has 0 atom stereocenters. The van der Waals surface area contributed by atoms with E-state index in [1.165, 1.54) is 11.0 Å². The Balaban J connectivity index is 1.70. The molecule has 2 aliphatic rings. The number of piperidine rings is 1. The lowest BCUT2D eigenvalue weighted by molar-refractivity contribution is -0.120. The lowest BCUT2D eigenvalue weighted by Gasteiger charge is -2.33. The summed E-state index contributed by atoms with van der Waals surface area (Å²) in [7, 11) is 0. The molecule has 0 unspecified atom stereocenters. The van der Waals surface area contributed by atoms with Crippen LogP contribution in [0.1, 0.15) is 25.7 Å². The van der Waals surface area contributed by atoms with E-state index >= 15 is 0 Å². The fourth-order valence-corrected chi connectivity index (χ4v) is 3.27. The Morgan fingerprint density at radius 2 is 1.96 bits per heavy atom. The van der Waals surface area contributed by atoms with E-state index in [4.69, 9.17) is 0 Å². The summed E-state index contributed by atoms with van der Waals surface area (Å²) in [6, 6.07) is 4.21. The number of halogens is 1. The van der Waals surface area contributed by atoms with Gasteiger partial charge in [0.05, 0.1) is 5.69 Å². The molecule has 0 aromatic heterocycles. The Morgan fingerprint density at radius 3 is 2.58 bits per heavy atom. The number of hydrogen-bond donors (Lipinski definition) is 1. The van der Waals surface area contributed by atoms with Crippen molar-refractivity contribution < 1.29 is 18.8 Å². The van der Waals surface area contributed by atoms with E-state index in [9.17, 15) is 18.8 Å². The number of imide groups is 1. The lowest BCUT2D eigenvalue weighted by atomic mass is 9.94. The SMILES string of the molecule is O=CCC1CCN(c2ccc(N3CCC(=O)NC3=O)c(F)c2)CC1. The first-order valence-corrected chi connectivity index (χ1v) is 8.18. The van der Waals surface area contributed by atoms with Gasteiger partial charge in [-0.3, -0.25) is 15.0 Å². The van der Waals surface area contributed by atoms with Gasteiger partial charge in [-0.2, -0.15) is 0 Å². The second-order valence-electron chi connectivity index (χ2n) is 6.22. The van der Waals surface area contributed by atoms with E-state index in [0.717, 1.165) is 37.9 Å². The molecular weight excluding hydrogens is 313 g/mol. The molecule has 1 aromatic carbocycles. The van der Waals surface area contributed by atoms with Crippen LogP contribution in [0.15, 0.2) is 18.2 Å². The highest BCUT2D eigenvalue weighted by Gasteiger charge is 2.27. The number of rotatable bonds is 4. The first-order chi connectivity index (χ1) is 11.6. The van der Waals surface area contributed by atoms with Crippen molar-refractivity contribution in [3.05, 3.63) is 24.0 Å². The number of nitrogens with one attached hydrogen (secondary N) is 1. The third-order valence-corrected chi connectivity index (χ3v) is 4.69. The van der Waals surface area contributed by atoms with Crippen molar-refractivity contribution in [3.8, 4) is 0 Å². The summed E-state index contributed by atoms with van der Waals surface area (Å²) in [6.45, 7) is 1.75. The van der Waals surface area contributed by atoms with Gasteiger partial charge in [-0.05, 0) is 37.0 Å². The fourth-order valence-electron chi connectivity index (χ4n) is 3.27. The maximum atomic E-state index is 14.5. The molecule has 1 N–H and O–H groups in total. The van der Waals surface area contributed by atoms with Crippen molar-refractivity contribution in [2.75, 3.05) is 29.4 Å². The lowest BCUT2D eigenvalue weighted by Crippen LogP contribution is -2.49. The highest BCUT2D eigenvalue weighted by atomic mass is 19.1. The molecule has 3 amide bonds. The summed E-state index contributed by atoms with van der Waals surface area (Å²) in [6.07, 6.45) is 3.54. The normalized spacial score (nSPS) is 19.4. The number of amides is 3. The summed E-state index contributed by atoms with van der Waals surface area (Å²) in [4.78, 5) is 36.9. The van der Waals surface area contributed by atoms with Crippen LogP contribution in [0.4, 0.5) is 20.6 Å². The second-order valence-corrected chi connectivity index (χ2v) is 6.22. The van der Waals surface area contributed by atoms with Crippen LogP contribution in [-0.4, -0.2) is 37.9 Å². The molecule has 0 radical (unpaired) electrons. The maximum absolute atomic E-state index is 14.5. The molecule has 2 aliphatic heterocycles. The molecule has 128 valence electrons. The van der Waals surface area contributed by atoms with Crippen LogP contribution in [0.5, 0.6) is 0 Å². The number of benzene rings is 1. The van der Waals surface area contributed by atoms with Gasteiger partial charge in [-0.25, -0.2) is 9.18 Å². The quantitative estimate of drug-likeness (QED) is 0.857. The van der Waals surface area contributed by atoms with Gasteiger partial charge in [0.15, 0.2) is 0 Å². The van der Waals surface area contributed by atoms with E-state index in [-0.39, 0.29) is 24.6 Å². The minimum atomic E-state index is -0.590. The number of nitrogens with zero attached hydrogens (tertiary/aromatic N) is 2. The maximum Gasteiger partial charge on any atom is 0.328 e. The molecule has 3 rings (SSSR count). The van der Waals surface area contributed by atoms with Crippen molar-refractivity contribution in [1.29, 1.82) is 0 Å². The van der Waals surface area contributed by atoms with E-state index in [0.29, 0.717) is 12.3 Å². The predicted molar refractivity (Wildman–Crippen MR) is 87.5 cm³/mol. The first kappa shape index (κ1) is 16.4. The predicted octanol–water partition coefficient (Wildman–Crippen LogP) is 2.08. The third kappa shape index (κ3) is 3.39. The molecule has 2 saturated heterocycles. The summed E-state index contributed by atoms with van der Waals surface area (Å²) < 4.78 is 14.5. The molecule has 0 spiro atoms. The topological polar surface area (TPSA) is 69.7 Å². The largest absolute Gasteiger partial charge is 0.371 e. The third-order valence-electron chi connectivity index (χ3n) is 4.69. The van der Waals surface area contributed by atoms with Crippen LogP contribution in [0.2, 0.25) is 0 Å². The number of carbonyl (C=O) groups excluding carboxylic acids is 3. The van der Waals surface area contributed by atoms with Crippen molar-refractivity contribution in [2.45, 2.75) is 25.7 Å². The molecule has 6 nitrogen and oxygen atoms in total. The van der Waals surface area contributed by atoms with Gasteiger partial charge in [-0.15, -0.1) is 0 Å². The van der Waals surface area contributed by atoms with Crippen molar-refractivity contribution in [3.63, 3.8) is 0 Å². The summed E-state index contributed by atoms with van der Waals surface area (Å²) >= 11 is 0. The minimum absolute atomic E-state index is 0.164. The van der Waals surface area contributed by atoms with E-state index in [1.54, 1.807) is 12.1 Å². The molecule has 1 aromatic rings. The molecule has 24 heavy (non-hydrogen) atoms. The van der Waals surface area contributed by atoms with Crippen LogP contribution in [-0.2, 0) is 9.59 Å². The minimum Gasteiger partial charge on any atom is -0.371 e. The van der Waals surface area contributed by atoms with Crippen LogP contribution < -0.4 is 15.1 Å². The Bertz CT molecular complexity index is 656. The van der Waals surface area contributed by atoms with Gasteiger partial charge in [0.25, 0.3) is 0 Å². The van der Waals surface area contributed by atoms with Crippen LogP contribution in [0.25, 0.3) is 0 Å². The zero-order valence-electron chi connectivity index (χ0n) is 13.3. The van der Waals surface area contributed by atoms with Gasteiger partial charge < -0.3 is 9.69 Å². The number of anilines is 2. The van der Waals surface area contributed by atoms with E-state index < -0.39 is 11.8 Å². The van der Waals surface area contributed by atoms with Gasteiger partial charge in [0, 0.05) is 38.2 Å². The monoisotopic (exact) mass is 333 g/mol. The van der Waals surface area contributed by atoms with Gasteiger partial charge in [0.1, 0.15) is 12.1 Å². The fraction of sp³-hybridized carbons (Fsp3) is 0.471. The van der Waals surface area contributed by atoms with Crippen LogP contribution in [0, 0.1) is 11.7 Å². The molecule has 0 aliphatic carbocycles. The Morgan fingerprint density at radius 1 is 1.21 bits per heavy atom. The van der Waals surface area contributed by atoms with Crippen molar-refractivity contribution in [2.24, 2.45) is 5.92 Å². The Hall–Kier alpha value is -2.44. The number of urea groups is 1. The molecule has 0 bridgehead atoms. The zero-order chi connectivity index (χ0) is 17.1. The van der Waals surface area contributed by atoms with E-state index in [1.807, 2.05) is 0 Å². The van der Waals surface area contributed by atoms with Crippen molar-refractivity contribution >= 4 is 29.6 Å². The van der Waals surface area contributed by atoms with Gasteiger partial charge >= 0.3 is 6.03 Å². The average molecular weight is 333 g/mol. The first-order valence-electron chi connectivity index (χ1n) is 8.18. The Kier molecular flexibility index (Phi) is 4.78. The molecular formula is C17H20FN3O3. The van der Waals surface area contributed by atoms with Crippen LogP contribution >= 0.6 is 0 Å². The molecule has 0 saturated carbocycles. The summed E-state index contributed by atoms with van der Waals surface area (Å²) in [5, 5.41) is 2.19. The van der Waals surface area contributed by atoms with Crippen LogP contribution in [0.3, 0.4) is 0 Å². The number of hydrogen-bond acceptors (Lipinski definition) is 4. The number of aldehydes is 1. The second kappa shape index (κ2) is 6.98. The smallest absolute Gasteiger partial charge is 0.328 e.